The Hall–Kier alpha value is -2.13. The molecule has 0 radical (unpaired) electrons. The first-order valence-corrected chi connectivity index (χ1v) is 12.6. The summed E-state index contributed by atoms with van der Waals surface area (Å²) < 4.78 is 8.47. The normalized spacial score (nSPS) is 11.8. The summed E-state index contributed by atoms with van der Waals surface area (Å²) >= 11 is 9.05. The van der Waals surface area contributed by atoms with Gasteiger partial charge in [0.1, 0.15) is 0 Å². The molecular formula is C23H26ClN3O3S2. The van der Waals surface area contributed by atoms with Crippen molar-refractivity contribution >= 4 is 62.4 Å². The number of thiazole rings is 1. The summed E-state index contributed by atoms with van der Waals surface area (Å²) in [6, 6.07) is 13.4. The molecule has 2 aromatic carbocycles. The minimum atomic E-state index is -0.138. The Morgan fingerprint density at radius 1 is 1.22 bits per heavy atom. The molecule has 32 heavy (non-hydrogen) atoms. The average Bonchev–Trinajstić information content (AvgIpc) is 3.08. The van der Waals surface area contributed by atoms with Gasteiger partial charge in [-0.2, -0.15) is 4.99 Å². The van der Waals surface area contributed by atoms with Crippen LogP contribution in [0.15, 0.2) is 52.4 Å². The highest BCUT2D eigenvalue weighted by Crippen LogP contribution is 2.23. The number of benzene rings is 2. The number of anilines is 1. The van der Waals surface area contributed by atoms with Crippen molar-refractivity contribution < 1.29 is 14.3 Å². The third-order valence-electron chi connectivity index (χ3n) is 4.50. The van der Waals surface area contributed by atoms with Crippen LogP contribution in [-0.2, 0) is 20.9 Å². The van der Waals surface area contributed by atoms with Crippen molar-refractivity contribution in [3.05, 3.63) is 52.3 Å². The van der Waals surface area contributed by atoms with E-state index in [0.29, 0.717) is 36.0 Å². The summed E-state index contributed by atoms with van der Waals surface area (Å²) in [5.74, 6) is 0.571. The zero-order chi connectivity index (χ0) is 22.9. The molecule has 1 N–H and O–H groups in total. The van der Waals surface area contributed by atoms with Crippen LogP contribution in [0, 0.1) is 0 Å². The Labute approximate surface area is 200 Å². The minimum absolute atomic E-state index is 0.123. The smallest absolute Gasteiger partial charge is 0.248 e. The number of amides is 2. The van der Waals surface area contributed by atoms with Gasteiger partial charge in [-0.25, -0.2) is 0 Å². The summed E-state index contributed by atoms with van der Waals surface area (Å²) in [6.45, 7) is 5.20. The molecule has 9 heteroatoms. The fraction of sp³-hybridized carbons (Fsp3) is 0.348. The van der Waals surface area contributed by atoms with Crippen molar-refractivity contribution in [2.45, 2.75) is 38.1 Å². The summed E-state index contributed by atoms with van der Waals surface area (Å²) in [4.78, 5) is 30.1. The van der Waals surface area contributed by atoms with Gasteiger partial charge in [-0.05, 0) is 61.6 Å². The number of ether oxygens (including phenoxy) is 1. The van der Waals surface area contributed by atoms with Crippen LogP contribution in [-0.4, -0.2) is 35.3 Å². The fourth-order valence-corrected chi connectivity index (χ4v) is 5.15. The molecule has 0 aliphatic carbocycles. The van der Waals surface area contributed by atoms with E-state index in [0.717, 1.165) is 33.0 Å². The highest BCUT2D eigenvalue weighted by Gasteiger charge is 2.10. The average molecular weight is 492 g/mol. The van der Waals surface area contributed by atoms with E-state index in [1.165, 1.54) is 18.3 Å². The van der Waals surface area contributed by atoms with E-state index in [2.05, 4.69) is 10.3 Å². The van der Waals surface area contributed by atoms with E-state index >= 15 is 0 Å². The number of nitrogens with zero attached hydrogens (tertiary/aromatic N) is 2. The van der Waals surface area contributed by atoms with Crippen LogP contribution in [0.4, 0.5) is 5.69 Å². The molecule has 0 unspecified atom stereocenters. The van der Waals surface area contributed by atoms with Gasteiger partial charge in [0, 0.05) is 42.1 Å². The Bertz CT molecular complexity index is 1140. The number of nitrogens with one attached hydrogen (secondary N) is 1. The SMILES string of the molecule is CCOCCn1c(=NC(=O)CCCSc2ccc(Cl)cc2)sc2cc(NC(C)=O)ccc21. The molecule has 2 amide bonds. The van der Waals surface area contributed by atoms with E-state index in [1.807, 2.05) is 54.0 Å². The molecule has 0 saturated carbocycles. The van der Waals surface area contributed by atoms with Crippen molar-refractivity contribution in [1.29, 1.82) is 0 Å². The molecule has 0 spiro atoms. The molecule has 170 valence electrons. The van der Waals surface area contributed by atoms with Gasteiger partial charge in [-0.1, -0.05) is 22.9 Å². The third-order valence-corrected chi connectivity index (χ3v) is 6.90. The highest BCUT2D eigenvalue weighted by molar-refractivity contribution is 7.99. The minimum Gasteiger partial charge on any atom is -0.380 e. The maximum absolute atomic E-state index is 12.6. The fourth-order valence-electron chi connectivity index (χ4n) is 3.06. The molecule has 0 aliphatic rings. The second kappa shape index (κ2) is 12.2. The summed E-state index contributed by atoms with van der Waals surface area (Å²) in [7, 11) is 0. The van der Waals surface area contributed by atoms with E-state index in [9.17, 15) is 9.59 Å². The molecular weight excluding hydrogens is 466 g/mol. The van der Waals surface area contributed by atoms with Crippen LogP contribution >= 0.6 is 34.7 Å². The molecule has 0 saturated heterocycles. The van der Waals surface area contributed by atoms with Crippen LogP contribution in [0.2, 0.25) is 5.02 Å². The zero-order valence-electron chi connectivity index (χ0n) is 18.1. The molecule has 3 aromatic rings. The highest BCUT2D eigenvalue weighted by atomic mass is 35.5. The number of fused-ring (bicyclic) bond motifs is 1. The second-order valence-electron chi connectivity index (χ2n) is 7.01. The number of rotatable bonds is 10. The van der Waals surface area contributed by atoms with Crippen LogP contribution in [0.25, 0.3) is 10.2 Å². The number of carbonyl (C=O) groups is 2. The van der Waals surface area contributed by atoms with E-state index in [1.54, 1.807) is 11.8 Å². The van der Waals surface area contributed by atoms with Crippen LogP contribution < -0.4 is 10.1 Å². The van der Waals surface area contributed by atoms with Gasteiger partial charge in [-0.15, -0.1) is 11.8 Å². The monoisotopic (exact) mass is 491 g/mol. The van der Waals surface area contributed by atoms with Gasteiger partial charge in [0.05, 0.1) is 16.8 Å². The maximum atomic E-state index is 12.6. The topological polar surface area (TPSA) is 72.7 Å². The molecule has 1 heterocycles. The van der Waals surface area contributed by atoms with Crippen LogP contribution in [0.3, 0.4) is 0 Å². The lowest BCUT2D eigenvalue weighted by Crippen LogP contribution is -2.19. The van der Waals surface area contributed by atoms with Crippen LogP contribution in [0.1, 0.15) is 26.7 Å². The van der Waals surface area contributed by atoms with Gasteiger partial charge in [0.2, 0.25) is 11.8 Å². The lowest BCUT2D eigenvalue weighted by atomic mass is 10.3. The summed E-state index contributed by atoms with van der Waals surface area (Å²) in [5, 5.41) is 3.51. The Balaban J connectivity index is 1.71. The molecule has 0 aliphatic heterocycles. The maximum Gasteiger partial charge on any atom is 0.248 e. The van der Waals surface area contributed by atoms with Crippen molar-refractivity contribution in [2.75, 3.05) is 24.3 Å². The molecule has 3 rings (SSSR count). The largest absolute Gasteiger partial charge is 0.380 e. The number of carbonyl (C=O) groups excluding carboxylic acids is 2. The third kappa shape index (κ3) is 7.20. The van der Waals surface area contributed by atoms with Gasteiger partial charge in [0.25, 0.3) is 0 Å². The number of aromatic nitrogens is 1. The van der Waals surface area contributed by atoms with Gasteiger partial charge < -0.3 is 14.6 Å². The Morgan fingerprint density at radius 3 is 2.72 bits per heavy atom. The van der Waals surface area contributed by atoms with E-state index < -0.39 is 0 Å². The molecule has 0 fully saturated rings. The number of halogens is 1. The first-order chi connectivity index (χ1) is 15.5. The van der Waals surface area contributed by atoms with Gasteiger partial charge >= 0.3 is 0 Å². The Kier molecular flexibility index (Phi) is 9.35. The predicted molar refractivity (Wildman–Crippen MR) is 133 cm³/mol. The first kappa shape index (κ1) is 24.5. The Morgan fingerprint density at radius 2 is 2.00 bits per heavy atom. The second-order valence-corrected chi connectivity index (χ2v) is 9.62. The number of thioether (sulfide) groups is 1. The van der Waals surface area contributed by atoms with Gasteiger partial charge in [0.15, 0.2) is 4.80 Å². The predicted octanol–water partition coefficient (Wildman–Crippen LogP) is 5.35. The lowest BCUT2D eigenvalue weighted by molar-refractivity contribution is -0.118. The van der Waals surface area contributed by atoms with Crippen molar-refractivity contribution in [2.24, 2.45) is 4.99 Å². The van der Waals surface area contributed by atoms with Crippen LogP contribution in [0.5, 0.6) is 0 Å². The lowest BCUT2D eigenvalue weighted by Gasteiger charge is -2.06. The summed E-state index contributed by atoms with van der Waals surface area (Å²) in [5.41, 5.74) is 1.69. The summed E-state index contributed by atoms with van der Waals surface area (Å²) in [6.07, 6.45) is 1.13. The van der Waals surface area contributed by atoms with E-state index in [4.69, 9.17) is 16.3 Å². The van der Waals surface area contributed by atoms with Gasteiger partial charge in [-0.3, -0.25) is 9.59 Å². The standard InChI is InChI=1S/C23H26ClN3O3S2/c1-3-30-13-12-27-20-11-8-18(25-16(2)28)15-21(20)32-23(27)26-22(29)5-4-14-31-19-9-6-17(24)7-10-19/h6-11,15H,3-5,12-14H2,1-2H3,(H,25,28). The molecule has 1 aromatic heterocycles. The van der Waals surface area contributed by atoms with Crippen molar-refractivity contribution in [1.82, 2.24) is 4.57 Å². The first-order valence-electron chi connectivity index (χ1n) is 10.4. The number of hydrogen-bond donors (Lipinski definition) is 1. The zero-order valence-corrected chi connectivity index (χ0v) is 20.5. The van der Waals surface area contributed by atoms with Crippen molar-refractivity contribution in [3.8, 4) is 0 Å². The quantitative estimate of drug-likeness (QED) is 0.306. The molecule has 0 bridgehead atoms. The number of hydrogen-bond acceptors (Lipinski definition) is 5. The molecule has 0 atom stereocenters. The molecule has 6 nitrogen and oxygen atoms in total. The van der Waals surface area contributed by atoms with E-state index in [-0.39, 0.29) is 11.8 Å². The van der Waals surface area contributed by atoms with Crippen molar-refractivity contribution in [3.63, 3.8) is 0 Å².